The molecule has 0 aromatic heterocycles. The Morgan fingerprint density at radius 1 is 1.00 bits per heavy atom. The molecular formula is C24H19F2NO5S2. The third kappa shape index (κ3) is 4.78. The molecule has 0 saturated heterocycles. The van der Waals surface area contributed by atoms with Gasteiger partial charge in [-0.05, 0) is 48.5 Å². The molecule has 10 heteroatoms. The van der Waals surface area contributed by atoms with Crippen molar-refractivity contribution in [3.05, 3.63) is 82.3 Å². The van der Waals surface area contributed by atoms with Gasteiger partial charge in [-0.1, -0.05) is 17.8 Å². The SMILES string of the molecule is COc1cccc(OC)c1CS(=O)(=O)c1ccc2c(c1)NC(=O)/C(=C\c1ccc(F)cc1F)S2. The molecule has 1 amide bonds. The van der Waals surface area contributed by atoms with Crippen molar-refractivity contribution in [3.63, 3.8) is 0 Å². The van der Waals surface area contributed by atoms with E-state index in [0.717, 1.165) is 23.9 Å². The van der Waals surface area contributed by atoms with Crippen molar-refractivity contribution in [3.8, 4) is 11.5 Å². The number of carbonyl (C=O) groups excluding carboxylic acids is 1. The molecule has 1 N–H and O–H groups in total. The van der Waals surface area contributed by atoms with Crippen LogP contribution in [0.5, 0.6) is 11.5 Å². The van der Waals surface area contributed by atoms with Gasteiger partial charge in [0.05, 0.1) is 41.0 Å². The van der Waals surface area contributed by atoms with Gasteiger partial charge in [0.15, 0.2) is 9.84 Å². The standard InChI is InChI=1S/C24H19F2NO5S2/c1-31-20-4-3-5-21(32-2)17(20)13-34(29,30)16-8-9-22-19(12-16)27-24(28)23(33-22)10-14-6-7-15(25)11-18(14)26/h3-12H,13H2,1-2H3,(H,27,28)/b23-10+. The molecular weight excluding hydrogens is 484 g/mol. The number of carbonyl (C=O) groups is 1. The minimum absolute atomic E-state index is 0.0112. The number of hydrogen-bond acceptors (Lipinski definition) is 6. The maximum Gasteiger partial charge on any atom is 0.262 e. The van der Waals surface area contributed by atoms with Crippen LogP contribution in [-0.2, 0) is 20.4 Å². The molecule has 176 valence electrons. The average Bonchev–Trinajstić information content (AvgIpc) is 2.80. The molecule has 3 aromatic carbocycles. The van der Waals surface area contributed by atoms with E-state index >= 15 is 0 Å². The first-order chi connectivity index (χ1) is 16.2. The van der Waals surface area contributed by atoms with Gasteiger partial charge in [-0.15, -0.1) is 0 Å². The topological polar surface area (TPSA) is 81.7 Å². The summed E-state index contributed by atoms with van der Waals surface area (Å²) in [7, 11) is -0.934. The first-order valence-electron chi connectivity index (χ1n) is 9.94. The van der Waals surface area contributed by atoms with Crippen molar-refractivity contribution in [2.45, 2.75) is 15.5 Å². The van der Waals surface area contributed by atoms with Crippen LogP contribution in [0, 0.1) is 11.6 Å². The van der Waals surface area contributed by atoms with E-state index in [9.17, 15) is 22.0 Å². The number of thioether (sulfide) groups is 1. The summed E-state index contributed by atoms with van der Waals surface area (Å²) in [5, 5.41) is 2.64. The van der Waals surface area contributed by atoms with E-state index in [2.05, 4.69) is 5.32 Å². The number of fused-ring (bicyclic) bond motifs is 1. The molecule has 0 radical (unpaired) electrons. The van der Waals surface area contributed by atoms with Gasteiger partial charge >= 0.3 is 0 Å². The lowest BCUT2D eigenvalue weighted by molar-refractivity contribution is -0.112. The van der Waals surface area contributed by atoms with Gasteiger partial charge in [-0.3, -0.25) is 4.79 Å². The van der Waals surface area contributed by atoms with Crippen molar-refractivity contribution in [1.29, 1.82) is 0 Å². The summed E-state index contributed by atoms with van der Waals surface area (Å²) in [4.78, 5) is 13.4. The first kappa shape index (κ1) is 23.8. The molecule has 0 fully saturated rings. The second-order valence-electron chi connectivity index (χ2n) is 7.29. The highest BCUT2D eigenvalue weighted by Gasteiger charge is 2.26. The van der Waals surface area contributed by atoms with Crippen LogP contribution in [0.1, 0.15) is 11.1 Å². The summed E-state index contributed by atoms with van der Waals surface area (Å²) in [6.07, 6.45) is 1.32. The molecule has 1 heterocycles. The summed E-state index contributed by atoms with van der Waals surface area (Å²) in [5.74, 6) is -1.64. The van der Waals surface area contributed by atoms with Crippen LogP contribution in [0.2, 0.25) is 0 Å². The van der Waals surface area contributed by atoms with Crippen molar-refractivity contribution in [2.24, 2.45) is 0 Å². The van der Waals surface area contributed by atoms with E-state index in [-0.39, 0.29) is 21.1 Å². The minimum atomic E-state index is -3.82. The van der Waals surface area contributed by atoms with E-state index in [4.69, 9.17) is 9.47 Å². The Hall–Kier alpha value is -3.37. The van der Waals surface area contributed by atoms with Gasteiger partial charge < -0.3 is 14.8 Å². The second kappa shape index (κ2) is 9.47. The zero-order valence-electron chi connectivity index (χ0n) is 18.1. The van der Waals surface area contributed by atoms with Crippen LogP contribution in [0.4, 0.5) is 14.5 Å². The monoisotopic (exact) mass is 503 g/mol. The van der Waals surface area contributed by atoms with Crippen LogP contribution >= 0.6 is 11.8 Å². The molecule has 0 saturated carbocycles. The Morgan fingerprint density at radius 3 is 2.35 bits per heavy atom. The number of nitrogens with one attached hydrogen (secondary N) is 1. The zero-order valence-corrected chi connectivity index (χ0v) is 19.7. The maximum absolute atomic E-state index is 14.0. The average molecular weight is 504 g/mol. The summed E-state index contributed by atoms with van der Waals surface area (Å²) in [5.41, 5.74) is 0.766. The predicted molar refractivity (Wildman–Crippen MR) is 126 cm³/mol. The van der Waals surface area contributed by atoms with E-state index < -0.39 is 27.4 Å². The summed E-state index contributed by atoms with van der Waals surface area (Å²) >= 11 is 1.06. The second-order valence-corrected chi connectivity index (χ2v) is 10.4. The molecule has 0 bridgehead atoms. The van der Waals surface area contributed by atoms with Crippen LogP contribution in [0.3, 0.4) is 0 Å². The highest BCUT2D eigenvalue weighted by molar-refractivity contribution is 8.04. The molecule has 1 aliphatic heterocycles. The van der Waals surface area contributed by atoms with Gasteiger partial charge in [0, 0.05) is 16.5 Å². The summed E-state index contributed by atoms with van der Waals surface area (Å²) < 4.78 is 64.0. The number of hydrogen-bond donors (Lipinski definition) is 1. The molecule has 0 atom stereocenters. The highest BCUT2D eigenvalue weighted by atomic mass is 32.2. The Balaban J connectivity index is 1.64. The Bertz CT molecular complexity index is 1400. The minimum Gasteiger partial charge on any atom is -0.496 e. The Morgan fingerprint density at radius 2 is 1.71 bits per heavy atom. The quantitative estimate of drug-likeness (QED) is 0.475. The number of amides is 1. The fraction of sp³-hybridized carbons (Fsp3) is 0.125. The third-order valence-electron chi connectivity index (χ3n) is 5.12. The maximum atomic E-state index is 14.0. The summed E-state index contributed by atoms with van der Waals surface area (Å²) in [6, 6.07) is 12.5. The highest BCUT2D eigenvalue weighted by Crippen LogP contribution is 2.41. The lowest BCUT2D eigenvalue weighted by Gasteiger charge is -2.20. The number of sulfone groups is 1. The third-order valence-corrected chi connectivity index (χ3v) is 7.86. The van der Waals surface area contributed by atoms with Crippen molar-refractivity contribution < 1.29 is 31.5 Å². The van der Waals surface area contributed by atoms with Crippen LogP contribution < -0.4 is 14.8 Å². The number of methoxy groups -OCH3 is 2. The Kier molecular flexibility index (Phi) is 6.63. The zero-order chi connectivity index (χ0) is 24.5. The molecule has 4 rings (SSSR count). The van der Waals surface area contributed by atoms with Crippen LogP contribution in [0.25, 0.3) is 6.08 Å². The largest absolute Gasteiger partial charge is 0.496 e. The lowest BCUT2D eigenvalue weighted by atomic mass is 10.2. The number of benzene rings is 3. The van der Waals surface area contributed by atoms with E-state index in [1.54, 1.807) is 24.3 Å². The van der Waals surface area contributed by atoms with Crippen LogP contribution in [-0.4, -0.2) is 28.5 Å². The molecule has 3 aromatic rings. The van der Waals surface area contributed by atoms with Crippen molar-refractivity contribution in [1.82, 2.24) is 0 Å². The van der Waals surface area contributed by atoms with Crippen molar-refractivity contribution in [2.75, 3.05) is 19.5 Å². The fourth-order valence-corrected chi connectivity index (χ4v) is 5.76. The first-order valence-corrected chi connectivity index (χ1v) is 12.4. The molecule has 0 spiro atoms. The molecule has 1 aliphatic rings. The molecule has 0 unspecified atom stereocenters. The molecule has 0 aliphatic carbocycles. The van der Waals surface area contributed by atoms with Gasteiger partial charge in [0.2, 0.25) is 0 Å². The van der Waals surface area contributed by atoms with E-state index in [1.807, 2.05) is 0 Å². The van der Waals surface area contributed by atoms with Crippen LogP contribution in [0.15, 0.2) is 69.3 Å². The number of anilines is 1. The number of halogens is 2. The number of rotatable bonds is 6. The number of ether oxygens (including phenoxy) is 2. The Labute approximate surface area is 199 Å². The van der Waals surface area contributed by atoms with Gasteiger partial charge in [-0.25, -0.2) is 17.2 Å². The smallest absolute Gasteiger partial charge is 0.262 e. The summed E-state index contributed by atoms with van der Waals surface area (Å²) in [6.45, 7) is 0. The normalized spacial score (nSPS) is 14.5. The van der Waals surface area contributed by atoms with E-state index in [0.29, 0.717) is 27.6 Å². The lowest BCUT2D eigenvalue weighted by Crippen LogP contribution is -2.18. The molecule has 34 heavy (non-hydrogen) atoms. The predicted octanol–water partition coefficient (Wildman–Crippen LogP) is 5.04. The van der Waals surface area contributed by atoms with E-state index in [1.165, 1.54) is 38.5 Å². The molecule has 6 nitrogen and oxygen atoms in total. The van der Waals surface area contributed by atoms with Crippen molar-refractivity contribution >= 4 is 39.3 Å². The van der Waals surface area contributed by atoms with Gasteiger partial charge in [-0.2, -0.15) is 0 Å². The van der Waals surface area contributed by atoms with Gasteiger partial charge in [0.1, 0.15) is 23.1 Å². The fourth-order valence-electron chi connectivity index (χ4n) is 3.44. The van der Waals surface area contributed by atoms with Gasteiger partial charge in [0.25, 0.3) is 5.91 Å².